The molecule has 8 heteroatoms. The molecule has 0 fully saturated rings. The van der Waals surface area contributed by atoms with Crippen LogP contribution in [0.4, 0.5) is 0 Å². The van der Waals surface area contributed by atoms with Gasteiger partial charge in [-0.1, -0.05) is 433 Å². The van der Waals surface area contributed by atoms with Gasteiger partial charge in [-0.25, -0.2) is 4.98 Å². The molecule has 4 aromatic heterocycles. The number of para-hydroxylation sites is 3. The first-order chi connectivity index (χ1) is 70.4. The lowest BCUT2D eigenvalue weighted by atomic mass is 9.83. The highest BCUT2D eigenvalue weighted by molar-refractivity contribution is 6.39. The van der Waals surface area contributed by atoms with Crippen LogP contribution >= 0.6 is 0 Å². The van der Waals surface area contributed by atoms with Crippen molar-refractivity contribution >= 4 is 55.8 Å². The van der Waals surface area contributed by atoms with Gasteiger partial charge in [0.15, 0.2) is 0 Å². The van der Waals surface area contributed by atoms with Gasteiger partial charge in [0.1, 0.15) is 5.82 Å². The maximum Gasteiger partial charge on any atom is 0.118 e. The summed E-state index contributed by atoms with van der Waals surface area (Å²) in [4.78, 5) is 22.1. The highest BCUT2D eigenvalue weighted by Gasteiger charge is 2.20. The molecule has 726 valence electrons. The molecule has 0 bridgehead atoms. The molecule has 13 rings (SSSR count). The van der Waals surface area contributed by atoms with Crippen molar-refractivity contribution in [3.8, 4) is 61.6 Å². The first kappa shape index (κ1) is 117. The summed E-state index contributed by atoms with van der Waals surface area (Å²) >= 11 is 0. The molecule has 1 atom stereocenters. The molecule has 0 saturated heterocycles. The third kappa shape index (κ3) is 45.6. The largest absolute Gasteiger partial charge is 0.303 e. The van der Waals surface area contributed by atoms with Gasteiger partial charge < -0.3 is 10.8 Å². The Morgan fingerprint density at radius 1 is 0.371 bits per heavy atom. The number of aromatic nitrogens is 5. The van der Waals surface area contributed by atoms with Crippen LogP contribution < -0.4 is 0 Å². The van der Waals surface area contributed by atoms with Crippen molar-refractivity contribution in [2.24, 2.45) is 4.99 Å². The van der Waals surface area contributed by atoms with Gasteiger partial charge in [-0.05, 0) is 249 Å². The van der Waals surface area contributed by atoms with Crippen LogP contribution in [0.2, 0.25) is 0 Å². The van der Waals surface area contributed by atoms with Crippen molar-refractivity contribution in [1.29, 1.82) is 10.8 Å². The Kier molecular flexibility index (Phi) is 62.2. The second kappa shape index (κ2) is 76.2. The molecule has 143 heavy (non-hydrogen) atoms. The van der Waals surface area contributed by atoms with Crippen molar-refractivity contribution in [3.63, 3.8) is 0 Å². The first-order valence-corrected chi connectivity index (χ1v) is 48.8. The van der Waals surface area contributed by atoms with E-state index in [0.717, 1.165) is 115 Å². The highest BCUT2D eigenvalue weighted by Crippen LogP contribution is 2.46. The molecule has 0 amide bonds. The summed E-state index contributed by atoms with van der Waals surface area (Å²) in [6.45, 7) is 45.6. The van der Waals surface area contributed by atoms with E-state index in [1.54, 1.807) is 54.8 Å². The summed E-state index contributed by atoms with van der Waals surface area (Å²) in [7, 11) is 0. The third-order valence-electron chi connectivity index (χ3n) is 20.8. The molecular formula is C135H146N8. The lowest BCUT2D eigenvalue weighted by Crippen LogP contribution is -2.10. The van der Waals surface area contributed by atoms with Gasteiger partial charge in [0.25, 0.3) is 0 Å². The Bertz CT molecular complexity index is 6440. The van der Waals surface area contributed by atoms with Gasteiger partial charge in [0, 0.05) is 60.8 Å². The standard InChI is InChI=1S/C42H30N2.C27H28N2.C17H22.C16H14N2.C10H16N2.C10H14.C7H10.2C3H6/c1-2-8-29(9-3-1)34-16-17-39-40(28-34)42(36-13-7-11-33(27-36)31-20-24-44-25-21-31)38-15-5-4-14-37(38)41(39)35-12-6-10-32(26-35)30-18-22-43-23-19-30;1-3-5-6-7-8-9-10-11-12-13-14-18-24(17-4-2)25-20-21-27(29-23-25)26-19-15-16-22-28-26;1-3-5-7-9-11-13-15-17-16-14-12-10-8-6-4-2;1-2-8-16-17-14-11-6-7-12-15(14)18(16)13-9-4-3-5-10-13;1-3-5-7-9(11)10(12)8-6-4-2;1-3-5-7-9-10-8-6-4-2;1-3-5-7-6-4-2;2*1-3-2/h1-20,22-28,31H,21H2;3-11,14-23H,2,12-13H2,1H3;3-12,14,16-17H,1,13,15H2,2H3;2-7,9-12H,1,8H2;3-4,11-12H,1-2,5-8H2;3-5,7,9-10H,1-2,6,8H2;3-7H,1H2,2H3;2*3H,1H2,2H3/b;5-3+,7-6+,9-8+,11-10+,18-14+,24-17-;6-4+,7-5+,10-8+,11-9+,14-12+,17-16+;;;7-5-,10-9+;6-4+,7-5-;;. The van der Waals surface area contributed by atoms with Crippen molar-refractivity contribution in [2.75, 3.05) is 0 Å². The van der Waals surface area contributed by atoms with Crippen LogP contribution in [0.25, 0.3) is 99.7 Å². The molecule has 0 saturated carbocycles. The monoisotopic (exact) mass is 1880 g/mol. The number of nitrogens with one attached hydrogen (secondary N) is 2. The minimum Gasteiger partial charge on any atom is -0.303 e. The number of fused-ring (bicyclic) bond motifs is 3. The van der Waals surface area contributed by atoms with E-state index in [1.807, 2.05) is 278 Å². The highest BCUT2D eigenvalue weighted by atomic mass is 15.1. The van der Waals surface area contributed by atoms with Crippen LogP contribution in [0, 0.1) is 10.8 Å². The molecule has 8 aromatic carbocycles. The zero-order valence-corrected chi connectivity index (χ0v) is 84.8. The van der Waals surface area contributed by atoms with Gasteiger partial charge in [-0.15, -0.1) is 39.5 Å². The van der Waals surface area contributed by atoms with Gasteiger partial charge in [0.05, 0.1) is 33.8 Å². The topological polar surface area (TPSA) is 117 Å². The van der Waals surface area contributed by atoms with Crippen molar-refractivity contribution in [2.45, 2.75) is 118 Å². The number of rotatable bonds is 40. The summed E-state index contributed by atoms with van der Waals surface area (Å²) in [5.74, 6) is 1.36. The van der Waals surface area contributed by atoms with Gasteiger partial charge >= 0.3 is 0 Å². The van der Waals surface area contributed by atoms with Crippen LogP contribution in [-0.2, 0) is 6.42 Å². The summed E-state index contributed by atoms with van der Waals surface area (Å²) in [5, 5.41) is 20.0. The summed E-state index contributed by atoms with van der Waals surface area (Å²) < 4.78 is 2.19. The predicted octanol–water partition coefficient (Wildman–Crippen LogP) is 38.4. The Balaban J connectivity index is 0.000000316. The predicted molar refractivity (Wildman–Crippen MR) is 635 cm³/mol. The van der Waals surface area contributed by atoms with Crippen molar-refractivity contribution < 1.29 is 0 Å². The molecule has 1 aliphatic heterocycles. The van der Waals surface area contributed by atoms with E-state index in [0.29, 0.717) is 30.2 Å². The maximum absolute atomic E-state index is 7.47. The molecule has 0 radical (unpaired) electrons. The van der Waals surface area contributed by atoms with E-state index in [2.05, 4.69) is 308 Å². The normalized spacial score (nSPS) is 12.2. The Labute approximate surface area is 856 Å². The second-order valence-corrected chi connectivity index (χ2v) is 31.6. The minimum absolute atomic E-state index is 0.333. The molecule has 8 nitrogen and oxygen atoms in total. The number of pyridine rings is 3. The quantitative estimate of drug-likeness (QED) is 0.0131. The summed E-state index contributed by atoms with van der Waals surface area (Å²) in [6.07, 6.45) is 105. The fourth-order valence-corrected chi connectivity index (χ4v) is 14.0. The van der Waals surface area contributed by atoms with Crippen LogP contribution in [0.1, 0.15) is 128 Å². The average molecular weight is 1880 g/mol. The lowest BCUT2D eigenvalue weighted by molar-refractivity contribution is 0.888. The maximum atomic E-state index is 7.47. The SMILES string of the molecule is C1=CC(c2cccc(-c3c4ccccc4c(-c4cccc(-c5ccncc5)c4)c4ccc(-c5ccccc5)cc34)c2)CC=N1.C=C/C=C(/C=C/CC/C=C/C=C/C=C/C=C/C)c1ccc(-c2ccccn2)nc1.C=C/C=C/C=C/CC/C=C/C=C/C=C/C=C/C.C=C/C=C\C=C\C.C=C/C=C\C=C\CCC=C.C=CC.C=CC.C=CCCC(=N)C(=N)CCC=C.C=CCc1nc2ccccc2n1-c1ccccc1. The van der Waals surface area contributed by atoms with Crippen molar-refractivity contribution in [1.82, 2.24) is 24.5 Å². The van der Waals surface area contributed by atoms with E-state index in [-0.39, 0.29) is 0 Å². The zero-order chi connectivity index (χ0) is 103. The number of allylic oxidation sites excluding steroid dienone is 43. The van der Waals surface area contributed by atoms with E-state index >= 15 is 0 Å². The van der Waals surface area contributed by atoms with E-state index in [4.69, 9.17) is 10.8 Å². The van der Waals surface area contributed by atoms with Crippen LogP contribution in [0.3, 0.4) is 0 Å². The molecule has 12 aromatic rings. The van der Waals surface area contributed by atoms with Crippen molar-refractivity contribution in [3.05, 3.63) is 587 Å². The molecule has 5 heterocycles. The fraction of sp³-hybridized carbons (Fsp3) is 0.133. The molecular weight excluding hydrogens is 1730 g/mol. The number of hydrogen-bond donors (Lipinski definition) is 2. The molecule has 1 aliphatic rings. The van der Waals surface area contributed by atoms with Gasteiger partial charge in [0.2, 0.25) is 0 Å². The number of benzene rings is 8. The van der Waals surface area contributed by atoms with Gasteiger partial charge in [-0.2, -0.15) is 0 Å². The van der Waals surface area contributed by atoms with E-state index in [1.165, 1.54) is 66.1 Å². The smallest absolute Gasteiger partial charge is 0.118 e. The molecule has 0 spiro atoms. The van der Waals surface area contributed by atoms with Crippen LogP contribution in [0.15, 0.2) is 575 Å². The Morgan fingerprint density at radius 2 is 0.832 bits per heavy atom. The summed E-state index contributed by atoms with van der Waals surface area (Å²) in [6, 6.07) is 77.2. The average Bonchev–Trinajstić information content (AvgIpc) is 1.04. The molecule has 0 aliphatic carbocycles. The number of imidazole rings is 1. The second-order valence-electron chi connectivity index (χ2n) is 31.6. The molecule has 1 unspecified atom stereocenters. The summed E-state index contributed by atoms with van der Waals surface area (Å²) in [5.41, 5.74) is 19.1. The van der Waals surface area contributed by atoms with Crippen LogP contribution in [-0.4, -0.2) is 42.1 Å². The minimum atomic E-state index is 0.333. The fourth-order valence-electron chi connectivity index (χ4n) is 14.0. The number of aliphatic imine (C=N–C) groups is 1. The van der Waals surface area contributed by atoms with E-state index in [9.17, 15) is 0 Å². The number of unbranched alkanes of at least 4 members (excludes halogenated alkanes) is 3. The van der Waals surface area contributed by atoms with E-state index < -0.39 is 0 Å². The number of hydrogen-bond acceptors (Lipinski definition) is 7. The Morgan fingerprint density at radius 3 is 1.36 bits per heavy atom. The zero-order valence-electron chi connectivity index (χ0n) is 84.8. The third-order valence-corrected chi connectivity index (χ3v) is 20.8. The molecule has 2 N–H and O–H groups in total. The Hall–Kier alpha value is -16.8. The van der Waals surface area contributed by atoms with Crippen LogP contribution in [0.5, 0.6) is 0 Å². The van der Waals surface area contributed by atoms with Gasteiger partial charge in [-0.3, -0.25) is 24.5 Å². The number of nitrogens with zero attached hydrogens (tertiary/aromatic N) is 6. The lowest BCUT2D eigenvalue weighted by Gasteiger charge is -2.20. The first-order valence-electron chi connectivity index (χ1n) is 48.8.